The Kier molecular flexibility index (Phi) is 7.31. The Morgan fingerprint density at radius 3 is 2.09 bits per heavy atom. The summed E-state index contributed by atoms with van der Waals surface area (Å²) in [4.78, 5) is 35.7. The lowest BCUT2D eigenvalue weighted by Gasteiger charge is -2.12. The van der Waals surface area contributed by atoms with Gasteiger partial charge in [0, 0.05) is 21.7 Å². The molecule has 14 heteroatoms. The molecule has 1 aliphatic carbocycles. The van der Waals surface area contributed by atoms with Crippen LogP contribution in [0.15, 0.2) is 36.4 Å². The molecule has 0 unspecified atom stereocenters. The molecule has 176 valence electrons. The van der Waals surface area contributed by atoms with Gasteiger partial charge in [-0.15, -0.1) is 23.2 Å². The number of nitrogens with one attached hydrogen (secondary N) is 3. The fourth-order valence-electron chi connectivity index (χ4n) is 3.07. The number of carbonyl (C=O) groups excluding carboxylic acids is 3. The van der Waals surface area contributed by atoms with Gasteiger partial charge in [0.15, 0.2) is 0 Å². The molecule has 2 aromatic rings. The van der Waals surface area contributed by atoms with Crippen LogP contribution in [0.5, 0.6) is 0 Å². The number of amides is 3. The fourth-order valence-corrected chi connectivity index (χ4v) is 4.65. The van der Waals surface area contributed by atoms with Gasteiger partial charge in [-0.3, -0.25) is 25.2 Å². The lowest BCUT2D eigenvalue weighted by atomic mass is 10.1. The molecular formula is C19H11Cl5F3N3O3. The average molecular weight is 564 g/mol. The highest BCUT2D eigenvalue weighted by Crippen LogP contribution is 2.65. The third-order valence-electron chi connectivity index (χ3n) is 4.61. The number of alkyl halides is 5. The van der Waals surface area contributed by atoms with Gasteiger partial charge in [0.2, 0.25) is 5.91 Å². The minimum Gasteiger partial charge on any atom is -0.326 e. The first-order valence-corrected chi connectivity index (χ1v) is 10.7. The number of hydrogen-bond acceptors (Lipinski definition) is 3. The minimum absolute atomic E-state index is 0.0793. The Labute approximate surface area is 209 Å². The Balaban J connectivity index is 1.73. The molecule has 3 rings (SSSR count). The first-order valence-electron chi connectivity index (χ1n) is 8.83. The molecule has 1 fully saturated rings. The number of hydrazine groups is 1. The maximum absolute atomic E-state index is 12.8. The molecule has 1 saturated carbocycles. The molecule has 0 spiro atoms. The van der Waals surface area contributed by atoms with Gasteiger partial charge in [0.25, 0.3) is 5.91 Å². The van der Waals surface area contributed by atoms with Gasteiger partial charge in [0.1, 0.15) is 4.33 Å². The second-order valence-electron chi connectivity index (χ2n) is 6.92. The normalized spacial score (nSPS) is 18.9. The molecule has 0 radical (unpaired) electrons. The smallest absolute Gasteiger partial charge is 0.326 e. The van der Waals surface area contributed by atoms with Crippen molar-refractivity contribution >= 4 is 81.4 Å². The van der Waals surface area contributed by atoms with E-state index in [-0.39, 0.29) is 16.3 Å². The summed E-state index contributed by atoms with van der Waals surface area (Å²) in [5.74, 6) is -5.63. The first kappa shape index (κ1) is 25.7. The molecule has 3 N–H and O–H groups in total. The fraction of sp³-hybridized carbons (Fsp3) is 0.211. The van der Waals surface area contributed by atoms with Gasteiger partial charge in [-0.05, 0) is 42.0 Å². The van der Waals surface area contributed by atoms with Crippen LogP contribution >= 0.6 is 58.0 Å². The molecule has 0 saturated heterocycles. The number of rotatable bonds is 4. The lowest BCUT2D eigenvalue weighted by Crippen LogP contribution is -2.47. The molecule has 33 heavy (non-hydrogen) atoms. The van der Waals surface area contributed by atoms with Crippen molar-refractivity contribution in [3.05, 3.63) is 62.6 Å². The quantitative estimate of drug-likeness (QED) is 0.339. The molecule has 0 aliphatic heterocycles. The minimum atomic E-state index is -5.20. The summed E-state index contributed by atoms with van der Waals surface area (Å²) in [6, 6.07) is 8.34. The maximum atomic E-state index is 12.8. The third kappa shape index (κ3) is 5.78. The van der Waals surface area contributed by atoms with Crippen LogP contribution < -0.4 is 16.2 Å². The van der Waals surface area contributed by atoms with Gasteiger partial charge in [0.05, 0.1) is 16.5 Å². The van der Waals surface area contributed by atoms with E-state index in [0.717, 1.165) is 6.07 Å². The predicted molar refractivity (Wildman–Crippen MR) is 119 cm³/mol. The topological polar surface area (TPSA) is 87.3 Å². The Bertz CT molecular complexity index is 1120. The van der Waals surface area contributed by atoms with E-state index in [1.54, 1.807) is 17.6 Å². The standard InChI is InChI=1S/C19H11Cl5F3N3O3/c20-8-3-7(4-9(21)5-8)13-14(18(13,23)24)16(32)28-10-1-2-12(22)11(6-10)15(31)29-30-17(33)19(25,26)27/h1-6,13-14H,(H,28,32)(H,29,31)(H,30,33)/t13-,14+/m0/s1. The zero-order chi connectivity index (χ0) is 24.7. The van der Waals surface area contributed by atoms with E-state index < -0.39 is 40.1 Å². The summed E-state index contributed by atoms with van der Waals surface area (Å²) in [6.45, 7) is 0. The van der Waals surface area contributed by atoms with Gasteiger partial charge in [-0.1, -0.05) is 34.8 Å². The Morgan fingerprint density at radius 1 is 0.909 bits per heavy atom. The number of anilines is 1. The van der Waals surface area contributed by atoms with E-state index in [1.165, 1.54) is 23.6 Å². The van der Waals surface area contributed by atoms with Crippen LogP contribution in [0, 0.1) is 5.92 Å². The monoisotopic (exact) mass is 561 g/mol. The van der Waals surface area contributed by atoms with Gasteiger partial charge < -0.3 is 5.32 Å². The second-order valence-corrected chi connectivity index (χ2v) is 9.65. The Hall–Kier alpha value is -1.91. The molecule has 3 amide bonds. The van der Waals surface area contributed by atoms with Gasteiger partial charge in [-0.25, -0.2) is 0 Å². The number of benzene rings is 2. The van der Waals surface area contributed by atoms with Crippen LogP contribution in [0.4, 0.5) is 18.9 Å². The van der Waals surface area contributed by atoms with Crippen molar-refractivity contribution in [3.8, 4) is 0 Å². The van der Waals surface area contributed by atoms with E-state index in [0.29, 0.717) is 15.6 Å². The number of carbonyl (C=O) groups is 3. The van der Waals surface area contributed by atoms with E-state index >= 15 is 0 Å². The van der Waals surface area contributed by atoms with Gasteiger partial charge >= 0.3 is 12.1 Å². The van der Waals surface area contributed by atoms with Crippen molar-refractivity contribution in [2.24, 2.45) is 5.92 Å². The zero-order valence-corrected chi connectivity index (χ0v) is 19.6. The molecule has 2 atom stereocenters. The van der Waals surface area contributed by atoms with Crippen molar-refractivity contribution < 1.29 is 27.6 Å². The second kappa shape index (κ2) is 9.38. The van der Waals surface area contributed by atoms with Crippen LogP contribution in [0.1, 0.15) is 21.8 Å². The van der Waals surface area contributed by atoms with E-state index in [9.17, 15) is 27.6 Å². The SMILES string of the molecule is O=C(NNC(=O)C(F)(F)F)c1cc(NC(=O)[C@H]2[C@H](c3cc(Cl)cc(Cl)c3)C2(Cl)Cl)ccc1Cl. The van der Waals surface area contributed by atoms with Crippen LogP contribution in [-0.4, -0.2) is 28.2 Å². The molecular weight excluding hydrogens is 552 g/mol. The zero-order valence-electron chi connectivity index (χ0n) is 15.9. The van der Waals surface area contributed by atoms with E-state index in [2.05, 4.69) is 5.32 Å². The third-order valence-corrected chi connectivity index (χ3v) is 6.31. The molecule has 0 bridgehead atoms. The summed E-state index contributed by atoms with van der Waals surface area (Å²) in [7, 11) is 0. The summed E-state index contributed by atoms with van der Waals surface area (Å²) in [5, 5.41) is 3.04. The largest absolute Gasteiger partial charge is 0.472 e. The Morgan fingerprint density at radius 2 is 1.52 bits per heavy atom. The molecule has 2 aromatic carbocycles. The summed E-state index contributed by atoms with van der Waals surface area (Å²) in [5.41, 5.74) is 3.12. The summed E-state index contributed by atoms with van der Waals surface area (Å²) in [6.07, 6.45) is -5.20. The van der Waals surface area contributed by atoms with Gasteiger partial charge in [-0.2, -0.15) is 13.2 Å². The van der Waals surface area contributed by atoms with E-state index in [4.69, 9.17) is 58.0 Å². The first-order chi connectivity index (χ1) is 15.2. The van der Waals surface area contributed by atoms with Crippen molar-refractivity contribution in [3.63, 3.8) is 0 Å². The van der Waals surface area contributed by atoms with Crippen molar-refractivity contribution in [1.82, 2.24) is 10.9 Å². The summed E-state index contributed by atoms with van der Waals surface area (Å²) < 4.78 is 35.3. The van der Waals surface area contributed by atoms with E-state index in [1.807, 2.05) is 0 Å². The van der Waals surface area contributed by atoms with Crippen molar-refractivity contribution in [1.29, 1.82) is 0 Å². The molecule has 1 aliphatic rings. The molecule has 0 heterocycles. The van der Waals surface area contributed by atoms with Crippen molar-refractivity contribution in [2.45, 2.75) is 16.4 Å². The highest BCUT2D eigenvalue weighted by Gasteiger charge is 2.67. The number of halogens is 8. The highest BCUT2D eigenvalue weighted by molar-refractivity contribution is 6.53. The van der Waals surface area contributed by atoms with Crippen LogP contribution in [0.3, 0.4) is 0 Å². The number of hydrogen-bond donors (Lipinski definition) is 3. The van der Waals surface area contributed by atoms with Crippen LogP contribution in [0.25, 0.3) is 0 Å². The highest BCUT2D eigenvalue weighted by atomic mass is 35.5. The predicted octanol–water partition coefficient (Wildman–Crippen LogP) is 5.50. The summed E-state index contributed by atoms with van der Waals surface area (Å²) >= 11 is 30.5. The maximum Gasteiger partial charge on any atom is 0.472 e. The van der Waals surface area contributed by atoms with Crippen molar-refractivity contribution in [2.75, 3.05) is 5.32 Å². The average Bonchev–Trinajstić information content (AvgIpc) is 3.28. The molecule has 0 aromatic heterocycles. The van der Waals surface area contributed by atoms with Crippen LogP contribution in [-0.2, 0) is 9.59 Å². The lowest BCUT2D eigenvalue weighted by molar-refractivity contribution is -0.174. The van der Waals surface area contributed by atoms with Crippen LogP contribution in [0.2, 0.25) is 15.1 Å². The molecule has 6 nitrogen and oxygen atoms in total.